The number of nitrogens with zero attached hydrogens (tertiary/aromatic N) is 2. The Morgan fingerprint density at radius 2 is 1.94 bits per heavy atom. The number of rotatable bonds is 7. The molecule has 3 rings (SSSR count). The minimum Gasteiger partial charge on any atom is -0.483 e. The zero-order chi connectivity index (χ0) is 22.6. The van der Waals surface area contributed by atoms with Gasteiger partial charge in [0, 0.05) is 42.8 Å². The number of halogens is 2. The molecule has 1 unspecified atom stereocenters. The predicted molar refractivity (Wildman–Crippen MR) is 115 cm³/mol. The molecule has 7 nitrogen and oxygen atoms in total. The van der Waals surface area contributed by atoms with Crippen LogP contribution in [0.5, 0.6) is 5.75 Å². The molecule has 1 amide bonds. The molecule has 0 saturated carbocycles. The lowest BCUT2D eigenvalue weighted by molar-refractivity contribution is -0.138. The van der Waals surface area contributed by atoms with Gasteiger partial charge in [-0.05, 0) is 42.8 Å². The molecule has 1 fully saturated rings. The average Bonchev–Trinajstić information content (AvgIpc) is 2.68. The minimum absolute atomic E-state index is 0.0483. The first-order valence-corrected chi connectivity index (χ1v) is 11.7. The van der Waals surface area contributed by atoms with Gasteiger partial charge in [-0.15, -0.1) is 0 Å². The van der Waals surface area contributed by atoms with E-state index in [-0.39, 0.29) is 35.7 Å². The summed E-state index contributed by atoms with van der Waals surface area (Å²) in [6, 6.07) is 10.7. The van der Waals surface area contributed by atoms with Crippen molar-refractivity contribution in [1.29, 1.82) is 0 Å². The van der Waals surface area contributed by atoms with E-state index >= 15 is 0 Å². The van der Waals surface area contributed by atoms with Gasteiger partial charge in [-0.2, -0.15) is 8.42 Å². The van der Waals surface area contributed by atoms with Crippen molar-refractivity contribution in [2.24, 2.45) is 0 Å². The molecule has 0 spiro atoms. The first-order valence-electron chi connectivity index (χ1n) is 9.73. The van der Waals surface area contributed by atoms with Gasteiger partial charge in [0.1, 0.15) is 17.3 Å². The van der Waals surface area contributed by atoms with E-state index in [1.165, 1.54) is 30.3 Å². The Labute approximate surface area is 186 Å². The summed E-state index contributed by atoms with van der Waals surface area (Å²) in [5.41, 5.74) is 1.19. The van der Waals surface area contributed by atoms with Gasteiger partial charge in [0.05, 0.1) is 0 Å². The van der Waals surface area contributed by atoms with Gasteiger partial charge in [-0.1, -0.05) is 23.7 Å². The van der Waals surface area contributed by atoms with Crippen LogP contribution in [-0.2, 0) is 27.2 Å². The summed E-state index contributed by atoms with van der Waals surface area (Å²) < 4.78 is 50.2. The number of ether oxygens (including phenoxy) is 1. The summed E-state index contributed by atoms with van der Waals surface area (Å²) in [5, 5.41) is 0.295. The van der Waals surface area contributed by atoms with Gasteiger partial charge in [0.25, 0.3) is 16.0 Å². The molecule has 1 N–H and O–H groups in total. The molecule has 2 aromatic rings. The van der Waals surface area contributed by atoms with E-state index in [9.17, 15) is 17.6 Å². The number of benzene rings is 2. The van der Waals surface area contributed by atoms with Crippen molar-refractivity contribution in [3.05, 3.63) is 64.4 Å². The lowest BCUT2D eigenvalue weighted by Gasteiger charge is -2.39. The molecule has 10 heteroatoms. The van der Waals surface area contributed by atoms with Gasteiger partial charge in [-0.25, -0.2) is 4.39 Å². The lowest BCUT2D eigenvalue weighted by atomic mass is 10.1. The van der Waals surface area contributed by atoms with Crippen LogP contribution in [0.3, 0.4) is 0 Å². The maximum absolute atomic E-state index is 13.1. The normalized spacial score (nSPS) is 17.5. The highest BCUT2D eigenvalue weighted by Gasteiger charge is 2.28. The number of hydrogen-bond acceptors (Lipinski definition) is 5. The van der Waals surface area contributed by atoms with Crippen molar-refractivity contribution in [3.63, 3.8) is 0 Å². The molecule has 168 valence electrons. The minimum atomic E-state index is -4.28. The van der Waals surface area contributed by atoms with Gasteiger partial charge < -0.3 is 9.64 Å². The summed E-state index contributed by atoms with van der Waals surface area (Å²) in [6.07, 6.45) is 0. The molecule has 1 heterocycles. The standard InChI is InChI=1S/C21H24ClFN2O5S/c1-15-11-24(12-16-2-5-19(23)6-3-16)8-9-25(15)21(26)13-30-20-7-4-18(22)10-17(20)14-31(27,28)29/h2-7,10,15H,8-9,11-14H2,1H3,(H,27,28,29). The van der Waals surface area contributed by atoms with Crippen molar-refractivity contribution in [2.45, 2.75) is 25.3 Å². The van der Waals surface area contributed by atoms with Crippen LogP contribution in [0, 0.1) is 5.82 Å². The van der Waals surface area contributed by atoms with E-state index in [0.29, 0.717) is 31.2 Å². The first kappa shape index (κ1) is 23.5. The fraction of sp³-hybridized carbons (Fsp3) is 0.381. The molecular formula is C21H24ClFN2O5S. The maximum atomic E-state index is 13.1. The van der Waals surface area contributed by atoms with E-state index in [4.69, 9.17) is 20.9 Å². The largest absolute Gasteiger partial charge is 0.483 e. The number of piperazine rings is 1. The van der Waals surface area contributed by atoms with E-state index in [2.05, 4.69) is 4.90 Å². The highest BCUT2D eigenvalue weighted by molar-refractivity contribution is 7.85. The second-order valence-corrected chi connectivity index (χ2v) is 9.45. The third kappa shape index (κ3) is 6.90. The van der Waals surface area contributed by atoms with Crippen LogP contribution in [0.1, 0.15) is 18.1 Å². The Kier molecular flexibility index (Phi) is 7.53. The topological polar surface area (TPSA) is 87.2 Å². The zero-order valence-corrected chi connectivity index (χ0v) is 18.6. The van der Waals surface area contributed by atoms with E-state index in [1.807, 2.05) is 6.92 Å². The Morgan fingerprint density at radius 1 is 1.23 bits per heavy atom. The zero-order valence-electron chi connectivity index (χ0n) is 17.0. The quantitative estimate of drug-likeness (QED) is 0.626. The number of carbonyl (C=O) groups is 1. The Balaban J connectivity index is 1.56. The van der Waals surface area contributed by atoms with Gasteiger partial charge in [0.2, 0.25) is 0 Å². The maximum Gasteiger partial charge on any atom is 0.269 e. The van der Waals surface area contributed by atoms with Crippen LogP contribution in [0.25, 0.3) is 0 Å². The summed E-state index contributed by atoms with van der Waals surface area (Å²) in [7, 11) is -4.28. The van der Waals surface area contributed by atoms with Crippen LogP contribution in [0.15, 0.2) is 42.5 Å². The number of amides is 1. The summed E-state index contributed by atoms with van der Waals surface area (Å²) in [6.45, 7) is 4.21. The van der Waals surface area contributed by atoms with Crippen LogP contribution >= 0.6 is 11.6 Å². The van der Waals surface area contributed by atoms with Crippen molar-refractivity contribution in [2.75, 3.05) is 26.2 Å². The fourth-order valence-electron chi connectivity index (χ4n) is 3.62. The van der Waals surface area contributed by atoms with Gasteiger partial charge in [0.15, 0.2) is 6.61 Å². The molecule has 0 bridgehead atoms. The molecular weight excluding hydrogens is 447 g/mol. The van der Waals surface area contributed by atoms with Crippen molar-refractivity contribution in [1.82, 2.24) is 9.80 Å². The van der Waals surface area contributed by atoms with Crippen molar-refractivity contribution >= 4 is 27.6 Å². The second-order valence-electron chi connectivity index (χ2n) is 7.56. The van der Waals surface area contributed by atoms with Crippen molar-refractivity contribution < 1.29 is 26.9 Å². The van der Waals surface area contributed by atoms with Crippen molar-refractivity contribution in [3.8, 4) is 5.75 Å². The highest BCUT2D eigenvalue weighted by Crippen LogP contribution is 2.25. The summed E-state index contributed by atoms with van der Waals surface area (Å²) in [4.78, 5) is 16.6. The molecule has 1 atom stereocenters. The Hall–Kier alpha value is -2.20. The second kappa shape index (κ2) is 9.95. The molecule has 1 aliphatic rings. The third-order valence-electron chi connectivity index (χ3n) is 5.06. The predicted octanol–water partition coefficient (Wildman–Crippen LogP) is 2.98. The van der Waals surface area contributed by atoms with E-state index < -0.39 is 15.9 Å². The molecule has 1 saturated heterocycles. The molecule has 31 heavy (non-hydrogen) atoms. The lowest BCUT2D eigenvalue weighted by Crippen LogP contribution is -2.54. The highest BCUT2D eigenvalue weighted by atomic mass is 35.5. The molecule has 1 aliphatic heterocycles. The smallest absolute Gasteiger partial charge is 0.269 e. The third-order valence-corrected chi connectivity index (χ3v) is 5.97. The average molecular weight is 471 g/mol. The van der Waals surface area contributed by atoms with Crippen LogP contribution < -0.4 is 4.74 Å². The molecule has 0 radical (unpaired) electrons. The summed E-state index contributed by atoms with van der Waals surface area (Å²) in [5.74, 6) is -0.970. The van der Waals surface area contributed by atoms with Crippen LogP contribution in [-0.4, -0.2) is 61.0 Å². The van der Waals surface area contributed by atoms with Gasteiger partial charge >= 0.3 is 0 Å². The van der Waals surface area contributed by atoms with E-state index in [0.717, 1.165) is 5.56 Å². The molecule has 0 aromatic heterocycles. The van der Waals surface area contributed by atoms with Gasteiger partial charge in [-0.3, -0.25) is 14.2 Å². The number of hydrogen-bond donors (Lipinski definition) is 1. The molecule has 0 aliphatic carbocycles. The van der Waals surface area contributed by atoms with Crippen LogP contribution in [0.4, 0.5) is 4.39 Å². The fourth-order valence-corrected chi connectivity index (χ4v) is 4.43. The van der Waals surface area contributed by atoms with E-state index in [1.54, 1.807) is 17.0 Å². The Bertz CT molecular complexity index is 1030. The first-order chi connectivity index (χ1) is 14.6. The number of carbonyl (C=O) groups excluding carboxylic acids is 1. The monoisotopic (exact) mass is 470 g/mol. The summed E-state index contributed by atoms with van der Waals surface area (Å²) >= 11 is 5.90. The SMILES string of the molecule is CC1CN(Cc2ccc(F)cc2)CCN1C(=O)COc1ccc(Cl)cc1CS(=O)(=O)O. The Morgan fingerprint density at radius 3 is 2.58 bits per heavy atom. The van der Waals surface area contributed by atoms with Crippen LogP contribution in [0.2, 0.25) is 5.02 Å². The molecule has 2 aromatic carbocycles.